The second kappa shape index (κ2) is 8.03. The quantitative estimate of drug-likeness (QED) is 0.623. The summed E-state index contributed by atoms with van der Waals surface area (Å²) in [4.78, 5) is 1.28. The molecule has 0 saturated heterocycles. The standard InChI is InChI=1S/C19H24N2O2S/c1-14-7-8-16-18(13-14)24-21(2)17-6-4-3-5-15(17)19(16)20-9-11-23-12-10-22/h3-8,13,19-20,22H,9-12H2,1-2H3. The Morgan fingerprint density at radius 3 is 2.83 bits per heavy atom. The van der Waals surface area contributed by atoms with E-state index in [0.29, 0.717) is 13.2 Å². The van der Waals surface area contributed by atoms with Gasteiger partial charge in [-0.25, -0.2) is 0 Å². The Morgan fingerprint density at radius 1 is 1.17 bits per heavy atom. The molecule has 0 radical (unpaired) electrons. The van der Waals surface area contributed by atoms with Crippen LogP contribution in [0.1, 0.15) is 22.7 Å². The number of benzene rings is 2. The van der Waals surface area contributed by atoms with Crippen LogP contribution in [0.25, 0.3) is 0 Å². The highest BCUT2D eigenvalue weighted by atomic mass is 32.2. The lowest BCUT2D eigenvalue weighted by molar-refractivity contribution is 0.0931. The molecule has 0 saturated carbocycles. The van der Waals surface area contributed by atoms with Gasteiger partial charge in [-0.05, 0) is 47.7 Å². The SMILES string of the molecule is Cc1ccc2c(c1)SN(C)c1ccccc1C2NCCOCCO. The zero-order chi connectivity index (χ0) is 16.9. The van der Waals surface area contributed by atoms with Gasteiger partial charge in [-0.2, -0.15) is 0 Å². The second-order valence-electron chi connectivity index (χ2n) is 5.91. The van der Waals surface area contributed by atoms with Gasteiger partial charge >= 0.3 is 0 Å². The van der Waals surface area contributed by atoms with E-state index in [1.54, 1.807) is 11.9 Å². The van der Waals surface area contributed by atoms with Crippen LogP contribution < -0.4 is 9.62 Å². The van der Waals surface area contributed by atoms with Crippen LogP contribution in [-0.4, -0.2) is 38.5 Å². The molecule has 1 heterocycles. The van der Waals surface area contributed by atoms with Crippen LogP contribution in [0, 0.1) is 6.92 Å². The summed E-state index contributed by atoms with van der Waals surface area (Å²) in [5, 5.41) is 12.4. The maximum atomic E-state index is 8.81. The molecule has 0 aliphatic carbocycles. The lowest BCUT2D eigenvalue weighted by atomic mass is 9.96. The first-order valence-electron chi connectivity index (χ1n) is 8.24. The summed E-state index contributed by atoms with van der Waals surface area (Å²) >= 11 is 1.77. The molecule has 0 aromatic heterocycles. The summed E-state index contributed by atoms with van der Waals surface area (Å²) in [6.45, 7) is 3.90. The molecule has 1 aliphatic rings. The van der Waals surface area contributed by atoms with Crippen LogP contribution in [-0.2, 0) is 4.74 Å². The van der Waals surface area contributed by atoms with E-state index in [2.05, 4.69) is 66.1 Å². The molecule has 0 fully saturated rings. The van der Waals surface area contributed by atoms with E-state index in [4.69, 9.17) is 9.84 Å². The van der Waals surface area contributed by atoms with Crippen molar-refractivity contribution in [1.29, 1.82) is 0 Å². The molecule has 2 aromatic carbocycles. The van der Waals surface area contributed by atoms with Crippen LogP contribution in [0.4, 0.5) is 5.69 Å². The van der Waals surface area contributed by atoms with Gasteiger partial charge in [-0.1, -0.05) is 30.3 Å². The van der Waals surface area contributed by atoms with Crippen molar-refractivity contribution in [1.82, 2.24) is 5.32 Å². The van der Waals surface area contributed by atoms with Crippen molar-refractivity contribution in [3.8, 4) is 0 Å². The fraction of sp³-hybridized carbons (Fsp3) is 0.368. The molecule has 4 nitrogen and oxygen atoms in total. The number of hydrogen-bond acceptors (Lipinski definition) is 5. The zero-order valence-corrected chi connectivity index (χ0v) is 15.0. The van der Waals surface area contributed by atoms with Gasteiger partial charge < -0.3 is 19.5 Å². The normalized spacial score (nSPS) is 16.5. The summed E-state index contributed by atoms with van der Waals surface area (Å²) in [6, 6.07) is 15.3. The van der Waals surface area contributed by atoms with Crippen molar-refractivity contribution in [3.63, 3.8) is 0 Å². The van der Waals surface area contributed by atoms with Gasteiger partial charge in [0.25, 0.3) is 0 Å². The smallest absolute Gasteiger partial charge is 0.0698 e. The maximum Gasteiger partial charge on any atom is 0.0698 e. The topological polar surface area (TPSA) is 44.7 Å². The lowest BCUT2D eigenvalue weighted by Crippen LogP contribution is -2.27. The number of fused-ring (bicyclic) bond motifs is 2. The third-order valence-electron chi connectivity index (χ3n) is 4.13. The second-order valence-corrected chi connectivity index (χ2v) is 7.08. The molecule has 128 valence electrons. The van der Waals surface area contributed by atoms with Gasteiger partial charge in [0.2, 0.25) is 0 Å². The van der Waals surface area contributed by atoms with Gasteiger partial charge in [0.1, 0.15) is 0 Å². The van der Waals surface area contributed by atoms with E-state index < -0.39 is 0 Å². The molecular weight excluding hydrogens is 320 g/mol. The first-order chi connectivity index (χ1) is 11.7. The molecule has 2 aromatic rings. The fourth-order valence-electron chi connectivity index (χ4n) is 3.00. The average Bonchev–Trinajstić information content (AvgIpc) is 2.69. The van der Waals surface area contributed by atoms with Crippen molar-refractivity contribution < 1.29 is 9.84 Å². The predicted molar refractivity (Wildman–Crippen MR) is 99.6 cm³/mol. The molecular formula is C19H24N2O2S. The number of aryl methyl sites for hydroxylation is 1. The summed E-state index contributed by atoms with van der Waals surface area (Å²) in [6.07, 6.45) is 0. The molecule has 5 heteroatoms. The minimum absolute atomic E-state index is 0.0653. The largest absolute Gasteiger partial charge is 0.394 e. The van der Waals surface area contributed by atoms with E-state index in [-0.39, 0.29) is 12.6 Å². The van der Waals surface area contributed by atoms with Crippen LogP contribution in [0.2, 0.25) is 0 Å². The molecule has 2 N–H and O–H groups in total. The Balaban J connectivity index is 1.91. The van der Waals surface area contributed by atoms with Crippen molar-refractivity contribution in [2.24, 2.45) is 0 Å². The Bertz CT molecular complexity index is 693. The number of aliphatic hydroxyl groups excluding tert-OH is 1. The monoisotopic (exact) mass is 344 g/mol. The highest BCUT2D eigenvalue weighted by Gasteiger charge is 2.26. The summed E-state index contributed by atoms with van der Waals surface area (Å²) in [5.41, 5.74) is 5.07. The van der Waals surface area contributed by atoms with Crippen LogP contribution >= 0.6 is 11.9 Å². The number of aliphatic hydroxyl groups is 1. The van der Waals surface area contributed by atoms with E-state index in [1.165, 1.54) is 27.3 Å². The molecule has 1 atom stereocenters. The Labute approximate surface area is 148 Å². The minimum Gasteiger partial charge on any atom is -0.394 e. The zero-order valence-electron chi connectivity index (χ0n) is 14.2. The van der Waals surface area contributed by atoms with Crippen molar-refractivity contribution in [3.05, 3.63) is 59.2 Å². The predicted octanol–water partition coefficient (Wildman–Crippen LogP) is 3.14. The van der Waals surface area contributed by atoms with Crippen molar-refractivity contribution in [2.45, 2.75) is 17.9 Å². The molecule has 1 aliphatic heterocycles. The lowest BCUT2D eigenvalue weighted by Gasteiger charge is -2.22. The minimum atomic E-state index is 0.0653. The van der Waals surface area contributed by atoms with Gasteiger partial charge in [0.05, 0.1) is 31.5 Å². The van der Waals surface area contributed by atoms with E-state index in [1.807, 2.05) is 0 Å². The molecule has 1 unspecified atom stereocenters. The van der Waals surface area contributed by atoms with E-state index in [9.17, 15) is 0 Å². The molecule has 0 amide bonds. The van der Waals surface area contributed by atoms with Crippen LogP contribution in [0.3, 0.4) is 0 Å². The van der Waals surface area contributed by atoms with Gasteiger partial charge in [0.15, 0.2) is 0 Å². The molecule has 24 heavy (non-hydrogen) atoms. The Kier molecular flexibility index (Phi) is 5.79. The van der Waals surface area contributed by atoms with Crippen molar-refractivity contribution >= 4 is 17.6 Å². The molecule has 0 bridgehead atoms. The highest BCUT2D eigenvalue weighted by molar-refractivity contribution is 8.00. The maximum absolute atomic E-state index is 8.81. The number of anilines is 1. The number of para-hydroxylation sites is 1. The first kappa shape index (κ1) is 17.3. The number of nitrogens with one attached hydrogen (secondary N) is 1. The van der Waals surface area contributed by atoms with E-state index >= 15 is 0 Å². The van der Waals surface area contributed by atoms with E-state index in [0.717, 1.165) is 6.54 Å². The third kappa shape index (κ3) is 3.75. The Hall–Kier alpha value is -1.53. The van der Waals surface area contributed by atoms with Crippen LogP contribution in [0.5, 0.6) is 0 Å². The van der Waals surface area contributed by atoms with Gasteiger partial charge in [-0.15, -0.1) is 0 Å². The first-order valence-corrected chi connectivity index (χ1v) is 9.01. The third-order valence-corrected chi connectivity index (χ3v) is 5.15. The van der Waals surface area contributed by atoms with Crippen LogP contribution in [0.15, 0.2) is 47.4 Å². The molecule has 3 rings (SSSR count). The number of nitrogens with zero attached hydrogens (tertiary/aromatic N) is 1. The van der Waals surface area contributed by atoms with Crippen molar-refractivity contribution in [2.75, 3.05) is 37.7 Å². The van der Waals surface area contributed by atoms with Gasteiger partial charge in [-0.3, -0.25) is 0 Å². The number of hydrogen-bond donors (Lipinski definition) is 2. The fourth-order valence-corrected chi connectivity index (χ4v) is 4.09. The summed E-state index contributed by atoms with van der Waals surface area (Å²) in [5.74, 6) is 0. The summed E-state index contributed by atoms with van der Waals surface area (Å²) < 4.78 is 7.63. The highest BCUT2D eigenvalue weighted by Crippen LogP contribution is 2.43. The number of ether oxygens (including phenoxy) is 1. The molecule has 0 spiro atoms. The number of rotatable bonds is 6. The van der Waals surface area contributed by atoms with Gasteiger partial charge in [0, 0.05) is 18.5 Å². The Morgan fingerprint density at radius 2 is 2.00 bits per heavy atom. The summed E-state index contributed by atoms with van der Waals surface area (Å²) in [7, 11) is 2.11. The average molecular weight is 344 g/mol.